The number of hydrogen-bond donors (Lipinski definition) is 1. The van der Waals surface area contributed by atoms with E-state index in [-0.39, 0.29) is 17.9 Å². The summed E-state index contributed by atoms with van der Waals surface area (Å²) in [6.45, 7) is 7.42. The number of nitrogens with one attached hydrogen (secondary N) is 1. The highest BCUT2D eigenvalue weighted by Gasteiger charge is 2.21. The lowest BCUT2D eigenvalue weighted by molar-refractivity contribution is -0.127. The molecule has 22 heavy (non-hydrogen) atoms. The maximum atomic E-state index is 12.3. The zero-order valence-corrected chi connectivity index (χ0v) is 14.2. The van der Waals surface area contributed by atoms with Gasteiger partial charge in [0.05, 0.1) is 10.6 Å². The molecule has 1 aliphatic heterocycles. The minimum absolute atomic E-state index is 0.00132. The van der Waals surface area contributed by atoms with Crippen LogP contribution in [0.25, 0.3) is 0 Å². The van der Waals surface area contributed by atoms with E-state index in [0.29, 0.717) is 23.6 Å². The molecule has 1 unspecified atom stereocenters. The summed E-state index contributed by atoms with van der Waals surface area (Å²) in [4.78, 5) is 25.8. The van der Waals surface area contributed by atoms with Crippen LogP contribution in [0, 0.1) is 13.8 Å². The quantitative estimate of drug-likeness (QED) is 0.905. The van der Waals surface area contributed by atoms with Crippen LogP contribution in [0.4, 0.5) is 0 Å². The number of carbonyl (C=O) groups is 2. The van der Waals surface area contributed by atoms with E-state index in [1.807, 2.05) is 37.8 Å². The molecule has 1 heterocycles. The van der Waals surface area contributed by atoms with Gasteiger partial charge in [-0.3, -0.25) is 9.59 Å². The molecule has 0 aliphatic carbocycles. The molecule has 120 valence electrons. The van der Waals surface area contributed by atoms with E-state index in [2.05, 4.69) is 5.32 Å². The number of nitrogens with zero attached hydrogens (tertiary/aromatic N) is 1. The Morgan fingerprint density at radius 3 is 2.68 bits per heavy atom. The maximum absolute atomic E-state index is 12.3. The molecule has 1 aromatic rings. The zero-order valence-electron chi connectivity index (χ0n) is 13.4. The molecule has 4 nitrogen and oxygen atoms in total. The lowest BCUT2D eigenvalue weighted by Gasteiger charge is -2.20. The van der Waals surface area contributed by atoms with Crippen molar-refractivity contribution in [1.82, 2.24) is 10.2 Å². The van der Waals surface area contributed by atoms with Crippen LogP contribution in [0.1, 0.15) is 47.7 Å². The summed E-state index contributed by atoms with van der Waals surface area (Å²) >= 11 is 6.17. The van der Waals surface area contributed by atoms with Crippen LogP contribution in [0.3, 0.4) is 0 Å². The molecule has 1 N–H and O–H groups in total. The number of aryl methyl sites for hydroxylation is 2. The van der Waals surface area contributed by atoms with Crippen LogP contribution in [0.15, 0.2) is 12.1 Å². The third-order valence-corrected chi connectivity index (χ3v) is 4.52. The van der Waals surface area contributed by atoms with E-state index in [0.717, 1.165) is 30.5 Å². The lowest BCUT2D eigenvalue weighted by Crippen LogP contribution is -2.36. The van der Waals surface area contributed by atoms with Gasteiger partial charge in [0.1, 0.15) is 0 Å². The van der Waals surface area contributed by atoms with E-state index in [4.69, 9.17) is 11.6 Å². The number of hydrogen-bond acceptors (Lipinski definition) is 2. The Morgan fingerprint density at radius 1 is 1.36 bits per heavy atom. The first-order valence-electron chi connectivity index (χ1n) is 7.74. The van der Waals surface area contributed by atoms with Gasteiger partial charge in [0, 0.05) is 25.6 Å². The van der Waals surface area contributed by atoms with Crippen molar-refractivity contribution in [3.8, 4) is 0 Å². The summed E-state index contributed by atoms with van der Waals surface area (Å²) in [6.07, 6.45) is 2.34. The molecule has 0 bridgehead atoms. The van der Waals surface area contributed by atoms with E-state index in [1.165, 1.54) is 0 Å². The van der Waals surface area contributed by atoms with Gasteiger partial charge in [0.15, 0.2) is 0 Å². The fourth-order valence-electron chi connectivity index (χ4n) is 2.62. The van der Waals surface area contributed by atoms with Gasteiger partial charge < -0.3 is 10.2 Å². The molecule has 1 aromatic carbocycles. The number of benzene rings is 1. The molecule has 2 amide bonds. The van der Waals surface area contributed by atoms with Crippen molar-refractivity contribution in [2.75, 3.05) is 13.1 Å². The second-order valence-corrected chi connectivity index (χ2v) is 6.47. The van der Waals surface area contributed by atoms with Gasteiger partial charge in [-0.05, 0) is 56.9 Å². The summed E-state index contributed by atoms with van der Waals surface area (Å²) in [5.74, 6) is 0.0593. The van der Waals surface area contributed by atoms with E-state index in [1.54, 1.807) is 0 Å². The highest BCUT2D eigenvalue weighted by Crippen LogP contribution is 2.21. The average Bonchev–Trinajstić information content (AvgIpc) is 2.86. The first-order chi connectivity index (χ1) is 10.4. The van der Waals surface area contributed by atoms with Gasteiger partial charge in [0.25, 0.3) is 5.91 Å². The van der Waals surface area contributed by atoms with E-state index in [9.17, 15) is 9.59 Å². The smallest absolute Gasteiger partial charge is 0.253 e. The Morgan fingerprint density at radius 2 is 2.05 bits per heavy atom. The van der Waals surface area contributed by atoms with Crippen LogP contribution in [-0.2, 0) is 4.79 Å². The highest BCUT2D eigenvalue weighted by atomic mass is 35.5. The van der Waals surface area contributed by atoms with Gasteiger partial charge in [-0.1, -0.05) is 11.6 Å². The Kier molecular flexibility index (Phi) is 5.46. The Balaban J connectivity index is 1.91. The predicted molar refractivity (Wildman–Crippen MR) is 88.3 cm³/mol. The van der Waals surface area contributed by atoms with Crippen LogP contribution in [0.2, 0.25) is 5.02 Å². The van der Waals surface area contributed by atoms with E-state index < -0.39 is 0 Å². The second kappa shape index (κ2) is 7.14. The molecule has 0 spiro atoms. The van der Waals surface area contributed by atoms with Crippen molar-refractivity contribution in [1.29, 1.82) is 0 Å². The average molecular weight is 323 g/mol. The monoisotopic (exact) mass is 322 g/mol. The largest absolute Gasteiger partial charge is 0.349 e. The second-order valence-electron chi connectivity index (χ2n) is 6.06. The minimum Gasteiger partial charge on any atom is -0.349 e. The van der Waals surface area contributed by atoms with Crippen molar-refractivity contribution < 1.29 is 9.59 Å². The Hall–Kier alpha value is -1.55. The molecular weight excluding hydrogens is 300 g/mol. The summed E-state index contributed by atoms with van der Waals surface area (Å²) in [5, 5.41) is 3.44. The molecule has 0 aromatic heterocycles. The van der Waals surface area contributed by atoms with Gasteiger partial charge in [-0.25, -0.2) is 0 Å². The predicted octanol–water partition coefficient (Wildman–Crippen LogP) is 3.09. The number of amides is 2. The fraction of sp³-hybridized carbons (Fsp3) is 0.529. The molecule has 0 saturated carbocycles. The molecule has 1 aliphatic rings. The molecule has 1 atom stereocenters. The molecule has 1 fully saturated rings. The van der Waals surface area contributed by atoms with Crippen molar-refractivity contribution in [2.24, 2.45) is 0 Å². The zero-order chi connectivity index (χ0) is 16.3. The van der Waals surface area contributed by atoms with Crippen LogP contribution < -0.4 is 5.32 Å². The van der Waals surface area contributed by atoms with Gasteiger partial charge in [-0.2, -0.15) is 0 Å². The summed E-state index contributed by atoms with van der Waals surface area (Å²) in [6, 6.07) is 3.64. The maximum Gasteiger partial charge on any atom is 0.253 e. The number of rotatable bonds is 5. The number of halogens is 1. The lowest BCUT2D eigenvalue weighted by atomic mass is 10.1. The molecule has 0 radical (unpaired) electrons. The summed E-state index contributed by atoms with van der Waals surface area (Å²) in [5.41, 5.74) is 2.63. The Bertz CT molecular complexity index is 586. The molecule has 5 heteroatoms. The van der Waals surface area contributed by atoms with Gasteiger partial charge >= 0.3 is 0 Å². The molecule has 2 rings (SSSR count). The topological polar surface area (TPSA) is 49.4 Å². The van der Waals surface area contributed by atoms with Crippen LogP contribution in [0.5, 0.6) is 0 Å². The molecular formula is C17H23ClN2O2. The number of likely N-dealkylation sites (tertiary alicyclic amines) is 1. The van der Waals surface area contributed by atoms with E-state index >= 15 is 0 Å². The van der Waals surface area contributed by atoms with Crippen LogP contribution in [-0.4, -0.2) is 35.8 Å². The molecule has 1 saturated heterocycles. The minimum atomic E-state index is -0.159. The number of carbonyl (C=O) groups excluding carboxylic acids is 2. The first kappa shape index (κ1) is 16.8. The van der Waals surface area contributed by atoms with Crippen molar-refractivity contribution in [3.05, 3.63) is 33.8 Å². The van der Waals surface area contributed by atoms with Crippen molar-refractivity contribution >= 4 is 23.4 Å². The fourth-order valence-corrected chi connectivity index (χ4v) is 2.92. The summed E-state index contributed by atoms with van der Waals surface area (Å²) in [7, 11) is 0. The highest BCUT2D eigenvalue weighted by molar-refractivity contribution is 6.34. The SMILES string of the molecule is Cc1cc(Cl)c(C(=O)NC(C)CCN2CCCC2=O)cc1C. The summed E-state index contributed by atoms with van der Waals surface area (Å²) < 4.78 is 0. The third kappa shape index (κ3) is 4.01. The van der Waals surface area contributed by atoms with Crippen molar-refractivity contribution in [2.45, 2.75) is 46.1 Å². The third-order valence-electron chi connectivity index (χ3n) is 4.21. The Labute approximate surface area is 136 Å². The van der Waals surface area contributed by atoms with Crippen LogP contribution >= 0.6 is 11.6 Å². The normalized spacial score (nSPS) is 16.0. The van der Waals surface area contributed by atoms with Crippen molar-refractivity contribution in [3.63, 3.8) is 0 Å². The van der Waals surface area contributed by atoms with Gasteiger partial charge in [-0.15, -0.1) is 0 Å². The standard InChI is InChI=1S/C17H23ClN2O2/c1-11-9-14(15(18)10-12(11)2)17(22)19-13(3)6-8-20-7-4-5-16(20)21/h9-10,13H,4-8H2,1-3H3,(H,19,22). The first-order valence-corrected chi connectivity index (χ1v) is 8.11. The van der Waals surface area contributed by atoms with Gasteiger partial charge in [0.2, 0.25) is 5.91 Å².